The second-order valence-electron chi connectivity index (χ2n) is 6.92. The van der Waals surface area contributed by atoms with Crippen molar-refractivity contribution in [3.8, 4) is 0 Å². The van der Waals surface area contributed by atoms with Crippen molar-refractivity contribution in [2.45, 2.75) is 45.7 Å². The van der Waals surface area contributed by atoms with Crippen LogP contribution in [0.1, 0.15) is 59.2 Å². The molecule has 27 heavy (non-hydrogen) atoms. The average Bonchev–Trinajstić information content (AvgIpc) is 3.40. The Kier molecular flexibility index (Phi) is 5.82. The van der Waals surface area contributed by atoms with Crippen molar-refractivity contribution in [1.29, 1.82) is 0 Å². The van der Waals surface area contributed by atoms with Crippen LogP contribution in [0.25, 0.3) is 0 Å². The Bertz CT molecular complexity index is 888. The van der Waals surface area contributed by atoms with Crippen LogP contribution in [-0.2, 0) is 9.53 Å². The van der Waals surface area contributed by atoms with E-state index in [4.69, 9.17) is 27.9 Å². The third-order valence-corrected chi connectivity index (χ3v) is 5.51. The van der Waals surface area contributed by atoms with Gasteiger partial charge in [-0.25, -0.2) is 4.79 Å². The second kappa shape index (κ2) is 7.95. The van der Waals surface area contributed by atoms with Gasteiger partial charge in [0.2, 0.25) is 0 Å². The fourth-order valence-corrected chi connectivity index (χ4v) is 3.54. The van der Waals surface area contributed by atoms with E-state index in [1.165, 1.54) is 0 Å². The molecule has 1 N–H and O–H groups in total. The number of ether oxygens (including phenoxy) is 1. The molecule has 1 aromatic heterocycles. The predicted molar refractivity (Wildman–Crippen MR) is 105 cm³/mol. The summed E-state index contributed by atoms with van der Waals surface area (Å²) in [5.74, 6) is -0.856. The number of hydrogen-bond acceptors (Lipinski definition) is 3. The van der Waals surface area contributed by atoms with Gasteiger partial charge in [-0.1, -0.05) is 29.3 Å². The number of rotatable bonds is 6. The molecule has 0 bridgehead atoms. The van der Waals surface area contributed by atoms with Crippen LogP contribution in [-0.4, -0.2) is 23.1 Å². The molecule has 1 aliphatic carbocycles. The largest absolute Gasteiger partial charge is 0.452 e. The van der Waals surface area contributed by atoms with Crippen molar-refractivity contribution in [3.05, 3.63) is 56.8 Å². The highest BCUT2D eigenvalue weighted by Crippen LogP contribution is 2.38. The Morgan fingerprint density at radius 3 is 2.56 bits per heavy atom. The summed E-state index contributed by atoms with van der Waals surface area (Å²) < 4.78 is 7.38. The van der Waals surface area contributed by atoms with E-state index in [-0.39, 0.29) is 18.6 Å². The van der Waals surface area contributed by atoms with Crippen molar-refractivity contribution < 1.29 is 14.3 Å². The molecule has 3 rings (SSSR count). The Morgan fingerprint density at radius 1 is 1.22 bits per heavy atom. The standard InChI is InChI=1S/C20H22Cl2N2O3/c1-11-8-16(13(3)24(11)15-5-6-15)20(26)27-10-19(25)23-12(2)14-4-7-17(21)18(22)9-14/h4,7-9,12,15H,5-6,10H2,1-3H3,(H,23,25)/t12-/m0/s1. The first kappa shape index (κ1) is 19.8. The van der Waals surface area contributed by atoms with Gasteiger partial charge in [-0.15, -0.1) is 0 Å². The third kappa shape index (κ3) is 4.47. The number of amides is 1. The minimum absolute atomic E-state index is 0.286. The maximum Gasteiger partial charge on any atom is 0.340 e. The maximum absolute atomic E-state index is 12.4. The molecule has 1 aliphatic rings. The molecular formula is C20H22Cl2N2O3. The Hall–Kier alpha value is -1.98. The number of halogens is 2. The number of nitrogens with zero attached hydrogens (tertiary/aromatic N) is 1. The van der Waals surface area contributed by atoms with E-state index in [9.17, 15) is 9.59 Å². The fraction of sp³-hybridized carbons (Fsp3) is 0.400. The molecule has 0 spiro atoms. The molecular weight excluding hydrogens is 387 g/mol. The Labute approximate surface area is 168 Å². The van der Waals surface area contributed by atoms with Crippen molar-refractivity contribution in [1.82, 2.24) is 9.88 Å². The monoisotopic (exact) mass is 408 g/mol. The number of aryl methyl sites for hydroxylation is 1. The van der Waals surface area contributed by atoms with E-state index >= 15 is 0 Å². The smallest absolute Gasteiger partial charge is 0.340 e. The van der Waals surface area contributed by atoms with Crippen LogP contribution < -0.4 is 5.32 Å². The lowest BCUT2D eigenvalue weighted by atomic mass is 10.1. The summed E-state index contributed by atoms with van der Waals surface area (Å²) in [6, 6.07) is 7.20. The number of nitrogens with one attached hydrogen (secondary N) is 1. The highest BCUT2D eigenvalue weighted by atomic mass is 35.5. The molecule has 0 aliphatic heterocycles. The second-order valence-corrected chi connectivity index (χ2v) is 7.74. The number of esters is 1. The maximum atomic E-state index is 12.4. The van der Waals surface area contributed by atoms with E-state index in [2.05, 4.69) is 9.88 Å². The quantitative estimate of drug-likeness (QED) is 0.699. The molecule has 0 unspecified atom stereocenters. The molecule has 5 nitrogen and oxygen atoms in total. The minimum atomic E-state index is -0.479. The predicted octanol–water partition coefficient (Wildman–Crippen LogP) is 4.78. The van der Waals surface area contributed by atoms with Gasteiger partial charge in [-0.3, -0.25) is 4.79 Å². The number of benzene rings is 1. The van der Waals surface area contributed by atoms with Crippen molar-refractivity contribution >= 4 is 35.1 Å². The van der Waals surface area contributed by atoms with Crippen molar-refractivity contribution in [2.75, 3.05) is 6.61 Å². The summed E-state index contributed by atoms with van der Waals surface area (Å²) in [7, 11) is 0. The van der Waals surface area contributed by atoms with Crippen LogP contribution in [0.15, 0.2) is 24.3 Å². The van der Waals surface area contributed by atoms with Gasteiger partial charge in [0.25, 0.3) is 5.91 Å². The van der Waals surface area contributed by atoms with E-state index in [0.717, 1.165) is 29.8 Å². The summed E-state index contributed by atoms with van der Waals surface area (Å²) in [6.45, 7) is 5.38. The summed E-state index contributed by atoms with van der Waals surface area (Å²) in [5, 5.41) is 3.67. The number of carbonyl (C=O) groups excluding carboxylic acids is 2. The van der Waals surface area contributed by atoms with E-state index in [1.54, 1.807) is 18.2 Å². The molecule has 1 aromatic carbocycles. The molecule has 1 fully saturated rings. The Balaban J connectivity index is 1.56. The van der Waals surface area contributed by atoms with Gasteiger partial charge in [0.05, 0.1) is 21.7 Å². The molecule has 0 saturated heterocycles. The van der Waals surface area contributed by atoms with E-state index in [0.29, 0.717) is 21.7 Å². The van der Waals surface area contributed by atoms with Crippen molar-refractivity contribution in [2.24, 2.45) is 0 Å². The normalized spacial score (nSPS) is 14.7. The van der Waals surface area contributed by atoms with Crippen LogP contribution in [0.4, 0.5) is 0 Å². The van der Waals surface area contributed by atoms with Gasteiger partial charge in [0.1, 0.15) is 0 Å². The summed E-state index contributed by atoms with van der Waals surface area (Å²) in [4.78, 5) is 24.5. The minimum Gasteiger partial charge on any atom is -0.452 e. The van der Waals surface area contributed by atoms with Crippen LogP contribution >= 0.6 is 23.2 Å². The first-order valence-corrected chi connectivity index (χ1v) is 9.63. The zero-order chi connectivity index (χ0) is 19.7. The number of hydrogen-bond donors (Lipinski definition) is 1. The molecule has 1 amide bonds. The lowest BCUT2D eigenvalue weighted by Gasteiger charge is -2.15. The molecule has 7 heteroatoms. The molecule has 1 saturated carbocycles. The topological polar surface area (TPSA) is 60.3 Å². The van der Waals surface area contributed by atoms with Crippen LogP contribution in [0.3, 0.4) is 0 Å². The zero-order valence-electron chi connectivity index (χ0n) is 15.5. The molecule has 2 aromatic rings. The summed E-state index contributed by atoms with van der Waals surface area (Å²) in [5.41, 5.74) is 3.27. The average molecular weight is 409 g/mol. The fourth-order valence-electron chi connectivity index (χ4n) is 3.24. The van der Waals surface area contributed by atoms with E-state index in [1.807, 2.05) is 26.8 Å². The molecule has 1 atom stereocenters. The van der Waals surface area contributed by atoms with Gasteiger partial charge < -0.3 is 14.6 Å². The Morgan fingerprint density at radius 2 is 1.93 bits per heavy atom. The van der Waals surface area contributed by atoms with Gasteiger partial charge in [-0.05, 0) is 57.4 Å². The molecule has 1 heterocycles. The summed E-state index contributed by atoms with van der Waals surface area (Å²) in [6.07, 6.45) is 2.28. The van der Waals surface area contributed by atoms with Gasteiger partial charge in [-0.2, -0.15) is 0 Å². The third-order valence-electron chi connectivity index (χ3n) is 4.77. The number of carbonyl (C=O) groups is 2. The lowest BCUT2D eigenvalue weighted by molar-refractivity contribution is -0.124. The van der Waals surface area contributed by atoms with Gasteiger partial charge in [0, 0.05) is 17.4 Å². The van der Waals surface area contributed by atoms with Crippen LogP contribution in [0.5, 0.6) is 0 Å². The molecule has 0 radical (unpaired) electrons. The van der Waals surface area contributed by atoms with Crippen LogP contribution in [0, 0.1) is 13.8 Å². The van der Waals surface area contributed by atoms with Crippen LogP contribution in [0.2, 0.25) is 10.0 Å². The van der Waals surface area contributed by atoms with E-state index < -0.39 is 5.97 Å². The summed E-state index contributed by atoms with van der Waals surface area (Å²) >= 11 is 11.9. The van der Waals surface area contributed by atoms with Crippen molar-refractivity contribution in [3.63, 3.8) is 0 Å². The zero-order valence-corrected chi connectivity index (χ0v) is 17.0. The first-order chi connectivity index (χ1) is 12.8. The first-order valence-electron chi connectivity index (χ1n) is 8.87. The lowest BCUT2D eigenvalue weighted by Crippen LogP contribution is -2.31. The van der Waals surface area contributed by atoms with Gasteiger partial charge in [0.15, 0.2) is 6.61 Å². The van der Waals surface area contributed by atoms with Gasteiger partial charge >= 0.3 is 5.97 Å². The molecule has 144 valence electrons. The SMILES string of the molecule is Cc1cc(C(=O)OCC(=O)N[C@@H](C)c2ccc(Cl)c(Cl)c2)c(C)n1C1CC1. The number of aromatic nitrogens is 1. The highest BCUT2D eigenvalue weighted by molar-refractivity contribution is 6.42. The highest BCUT2D eigenvalue weighted by Gasteiger charge is 2.29.